The Balaban J connectivity index is 1.75. The van der Waals surface area contributed by atoms with Crippen LogP contribution in [0, 0.1) is 5.92 Å². The molecular weight excluding hydrogens is 288 g/mol. The summed E-state index contributed by atoms with van der Waals surface area (Å²) in [5, 5.41) is 0. The van der Waals surface area contributed by atoms with E-state index >= 15 is 0 Å². The van der Waals surface area contributed by atoms with Crippen LogP contribution in [0.15, 0.2) is 18.3 Å². The molecule has 0 spiro atoms. The Labute approximate surface area is 137 Å². The average molecular weight is 314 g/mol. The zero-order chi connectivity index (χ0) is 15.8. The van der Waals surface area contributed by atoms with Gasteiger partial charge in [0.15, 0.2) is 5.65 Å². The van der Waals surface area contributed by atoms with E-state index in [1.165, 1.54) is 25.2 Å². The first-order chi connectivity index (χ1) is 11.2. The highest BCUT2D eigenvalue weighted by molar-refractivity contribution is 5.71. The molecule has 2 aliphatic rings. The summed E-state index contributed by atoms with van der Waals surface area (Å²) >= 11 is 0. The van der Waals surface area contributed by atoms with E-state index in [0.717, 1.165) is 37.2 Å². The van der Waals surface area contributed by atoms with Crippen molar-refractivity contribution in [3.05, 3.63) is 24.2 Å². The lowest BCUT2D eigenvalue weighted by atomic mass is 10.0. The highest BCUT2D eigenvalue weighted by Crippen LogP contribution is 2.33. The van der Waals surface area contributed by atoms with Crippen molar-refractivity contribution in [1.29, 1.82) is 0 Å². The van der Waals surface area contributed by atoms with Crippen LogP contribution in [0.1, 0.15) is 45.1 Å². The van der Waals surface area contributed by atoms with Gasteiger partial charge in [0.1, 0.15) is 11.3 Å². The maximum absolute atomic E-state index is 5.57. The van der Waals surface area contributed by atoms with Crippen molar-refractivity contribution in [3.8, 4) is 0 Å². The molecule has 23 heavy (non-hydrogen) atoms. The predicted molar refractivity (Wildman–Crippen MR) is 90.3 cm³/mol. The summed E-state index contributed by atoms with van der Waals surface area (Å²) in [5.74, 6) is 1.78. The van der Waals surface area contributed by atoms with Gasteiger partial charge in [-0.3, -0.25) is 9.47 Å². The van der Waals surface area contributed by atoms with Gasteiger partial charge in [-0.1, -0.05) is 0 Å². The Bertz CT molecular complexity index is 675. The summed E-state index contributed by atoms with van der Waals surface area (Å²) in [6.07, 6.45) is 6.87. The fourth-order valence-corrected chi connectivity index (χ4v) is 4.09. The Morgan fingerprint density at radius 2 is 2.26 bits per heavy atom. The number of nitrogens with zero attached hydrogens (tertiary/aromatic N) is 4. The second-order valence-corrected chi connectivity index (χ2v) is 7.13. The third kappa shape index (κ3) is 2.76. The van der Waals surface area contributed by atoms with Crippen molar-refractivity contribution in [3.63, 3.8) is 0 Å². The van der Waals surface area contributed by atoms with Crippen molar-refractivity contribution >= 4 is 11.2 Å². The molecule has 2 aromatic heterocycles. The molecule has 0 amide bonds. The monoisotopic (exact) mass is 314 g/mol. The van der Waals surface area contributed by atoms with Gasteiger partial charge < -0.3 is 4.74 Å². The van der Waals surface area contributed by atoms with E-state index in [2.05, 4.69) is 34.4 Å². The van der Waals surface area contributed by atoms with E-state index in [1.54, 1.807) is 0 Å². The lowest BCUT2D eigenvalue weighted by Crippen LogP contribution is -2.34. The Kier molecular flexibility index (Phi) is 4.07. The van der Waals surface area contributed by atoms with E-state index in [4.69, 9.17) is 9.72 Å². The normalized spacial score (nSPS) is 25.9. The second kappa shape index (κ2) is 6.21. The number of likely N-dealkylation sites (tertiary alicyclic amines) is 1. The van der Waals surface area contributed by atoms with Crippen LogP contribution in [-0.2, 0) is 11.2 Å². The number of fused-ring (bicyclic) bond motifs is 1. The van der Waals surface area contributed by atoms with Gasteiger partial charge >= 0.3 is 0 Å². The summed E-state index contributed by atoms with van der Waals surface area (Å²) in [5.41, 5.74) is 2.07. The van der Waals surface area contributed by atoms with Crippen LogP contribution in [0.3, 0.4) is 0 Å². The van der Waals surface area contributed by atoms with E-state index in [-0.39, 0.29) is 0 Å². The zero-order valence-corrected chi connectivity index (χ0v) is 14.1. The van der Waals surface area contributed by atoms with E-state index < -0.39 is 0 Å². The zero-order valence-electron chi connectivity index (χ0n) is 14.1. The van der Waals surface area contributed by atoms with Crippen molar-refractivity contribution in [1.82, 2.24) is 19.4 Å². The first kappa shape index (κ1) is 15.1. The lowest BCUT2D eigenvalue weighted by Gasteiger charge is -2.30. The van der Waals surface area contributed by atoms with Gasteiger partial charge in [-0.2, -0.15) is 0 Å². The van der Waals surface area contributed by atoms with Gasteiger partial charge in [-0.05, 0) is 51.2 Å². The minimum atomic E-state index is 0.396. The number of pyridine rings is 1. The fraction of sp³-hybridized carbons (Fsp3) is 0.667. The minimum absolute atomic E-state index is 0.396. The summed E-state index contributed by atoms with van der Waals surface area (Å²) in [7, 11) is 0. The molecule has 4 heterocycles. The Hall–Kier alpha value is -1.46. The van der Waals surface area contributed by atoms with Crippen molar-refractivity contribution in [2.45, 2.75) is 51.7 Å². The number of hydrogen-bond donors (Lipinski definition) is 0. The Morgan fingerprint density at radius 3 is 3.04 bits per heavy atom. The van der Waals surface area contributed by atoms with Crippen LogP contribution in [0.25, 0.3) is 11.2 Å². The standard InChI is InChI=1S/C18H26N4O/c1-13(2)21-9-4-6-17(21)22-16(11-14-7-10-23-12-14)20-15-5-3-8-19-18(15)22/h3,5,8,13-14,17H,4,6-7,9-12H2,1-2H3. The molecule has 124 valence electrons. The van der Waals surface area contributed by atoms with Crippen LogP contribution >= 0.6 is 0 Å². The van der Waals surface area contributed by atoms with E-state index in [0.29, 0.717) is 18.1 Å². The maximum atomic E-state index is 5.57. The fourth-order valence-electron chi connectivity index (χ4n) is 4.09. The van der Waals surface area contributed by atoms with Gasteiger partial charge in [0.25, 0.3) is 0 Å². The lowest BCUT2D eigenvalue weighted by molar-refractivity contribution is 0.150. The molecule has 0 saturated carbocycles. The molecule has 2 aromatic rings. The van der Waals surface area contributed by atoms with Crippen molar-refractivity contribution in [2.24, 2.45) is 5.92 Å². The summed E-state index contributed by atoms with van der Waals surface area (Å²) < 4.78 is 7.98. The average Bonchev–Trinajstić information content (AvgIpc) is 3.25. The summed E-state index contributed by atoms with van der Waals surface area (Å²) in [4.78, 5) is 12.2. The summed E-state index contributed by atoms with van der Waals surface area (Å²) in [6, 6.07) is 4.62. The van der Waals surface area contributed by atoms with Gasteiger partial charge in [0.05, 0.1) is 6.17 Å². The van der Waals surface area contributed by atoms with Gasteiger partial charge in [-0.25, -0.2) is 9.97 Å². The van der Waals surface area contributed by atoms with Gasteiger partial charge in [0.2, 0.25) is 0 Å². The first-order valence-electron chi connectivity index (χ1n) is 8.89. The number of imidazole rings is 1. The molecule has 0 aliphatic carbocycles. The van der Waals surface area contributed by atoms with Crippen molar-refractivity contribution < 1.29 is 4.74 Å². The molecule has 0 aromatic carbocycles. The predicted octanol–water partition coefficient (Wildman–Crippen LogP) is 3.01. The largest absolute Gasteiger partial charge is 0.381 e. The molecule has 2 unspecified atom stereocenters. The number of hydrogen-bond acceptors (Lipinski definition) is 4. The maximum Gasteiger partial charge on any atom is 0.161 e. The Morgan fingerprint density at radius 1 is 1.35 bits per heavy atom. The molecule has 5 nitrogen and oxygen atoms in total. The molecule has 0 radical (unpaired) electrons. The number of rotatable bonds is 4. The minimum Gasteiger partial charge on any atom is -0.381 e. The smallest absolute Gasteiger partial charge is 0.161 e. The molecule has 0 bridgehead atoms. The molecule has 5 heteroatoms. The van der Waals surface area contributed by atoms with Crippen LogP contribution in [0.5, 0.6) is 0 Å². The van der Waals surface area contributed by atoms with Crippen LogP contribution in [0.4, 0.5) is 0 Å². The molecule has 2 fully saturated rings. The SMILES string of the molecule is CC(C)N1CCCC1n1c(CC2CCOC2)nc2cccnc21. The van der Waals surface area contributed by atoms with Gasteiger partial charge in [-0.15, -0.1) is 0 Å². The molecule has 2 saturated heterocycles. The highest BCUT2D eigenvalue weighted by atomic mass is 16.5. The van der Waals surface area contributed by atoms with Crippen LogP contribution in [-0.4, -0.2) is 45.2 Å². The number of ether oxygens (including phenoxy) is 1. The highest BCUT2D eigenvalue weighted by Gasteiger charge is 2.32. The van der Waals surface area contributed by atoms with Gasteiger partial charge in [0, 0.05) is 38.4 Å². The first-order valence-corrected chi connectivity index (χ1v) is 8.89. The molecular formula is C18H26N4O. The molecule has 2 aliphatic heterocycles. The van der Waals surface area contributed by atoms with Crippen LogP contribution < -0.4 is 0 Å². The quantitative estimate of drug-likeness (QED) is 0.870. The number of aromatic nitrogens is 3. The molecule has 2 atom stereocenters. The second-order valence-electron chi connectivity index (χ2n) is 7.13. The van der Waals surface area contributed by atoms with Crippen LogP contribution in [0.2, 0.25) is 0 Å². The topological polar surface area (TPSA) is 43.2 Å². The summed E-state index contributed by atoms with van der Waals surface area (Å²) in [6.45, 7) is 7.51. The molecule has 4 rings (SSSR count). The van der Waals surface area contributed by atoms with E-state index in [1.807, 2.05) is 12.3 Å². The molecule has 0 N–H and O–H groups in total. The third-order valence-corrected chi connectivity index (χ3v) is 5.24. The van der Waals surface area contributed by atoms with Crippen molar-refractivity contribution in [2.75, 3.05) is 19.8 Å². The third-order valence-electron chi connectivity index (χ3n) is 5.24. The van der Waals surface area contributed by atoms with E-state index in [9.17, 15) is 0 Å².